The molecular weight excluding hydrogens is 705 g/mol. The second kappa shape index (κ2) is 13.8. The van der Waals surface area contributed by atoms with E-state index in [1.54, 1.807) is 11.9 Å². The summed E-state index contributed by atoms with van der Waals surface area (Å²) in [5.74, 6) is -0.520. The molecule has 2 fully saturated rings. The predicted molar refractivity (Wildman–Crippen MR) is 179 cm³/mol. The van der Waals surface area contributed by atoms with Crippen LogP contribution in [0.3, 0.4) is 0 Å². The first-order chi connectivity index (χ1) is 23.7. The zero-order valence-corrected chi connectivity index (χ0v) is 28.6. The molecule has 2 amide bonds. The molecule has 0 aliphatic carbocycles. The van der Waals surface area contributed by atoms with Crippen LogP contribution in [0.15, 0.2) is 34.4 Å². The molecule has 5 N–H and O–H groups in total. The van der Waals surface area contributed by atoms with E-state index in [9.17, 15) is 32.7 Å². The molecule has 0 saturated carbocycles. The maximum Gasteiger partial charge on any atom is 0.416 e. The molecule has 3 aromatic rings. The fourth-order valence-electron chi connectivity index (χ4n) is 6.33. The third-order valence-electron chi connectivity index (χ3n) is 8.90. The van der Waals surface area contributed by atoms with Crippen molar-refractivity contribution in [2.45, 2.75) is 44.7 Å². The monoisotopic (exact) mass is 738 g/mol. The van der Waals surface area contributed by atoms with E-state index in [2.05, 4.69) is 25.4 Å². The van der Waals surface area contributed by atoms with E-state index in [0.717, 1.165) is 28.5 Å². The van der Waals surface area contributed by atoms with Gasteiger partial charge in [-0.2, -0.15) is 22.7 Å². The van der Waals surface area contributed by atoms with E-state index in [1.807, 2.05) is 4.90 Å². The number of carbonyl (C=O) groups is 2. The molecule has 5 heterocycles. The van der Waals surface area contributed by atoms with Crippen LogP contribution in [0.1, 0.15) is 36.6 Å². The minimum Gasteiger partial charge on any atom is -0.504 e. The van der Waals surface area contributed by atoms with Gasteiger partial charge in [0.05, 0.1) is 39.8 Å². The average molecular weight is 739 g/mol. The smallest absolute Gasteiger partial charge is 0.416 e. The molecule has 20 heteroatoms. The van der Waals surface area contributed by atoms with Gasteiger partial charge in [0.25, 0.3) is 11.5 Å². The molecule has 0 radical (unpaired) electrons. The number of nitrogens with one attached hydrogen (secondary N) is 4. The molecule has 3 aliphatic heterocycles. The highest BCUT2D eigenvalue weighted by Gasteiger charge is 2.48. The van der Waals surface area contributed by atoms with Gasteiger partial charge in [0.15, 0.2) is 5.76 Å². The SMILES string of the molecule is CN/C(C(=O)N1CCC2(CC1)OCc1c2c(=O)n2nc(N3CCNSCC3)nc2n1CC(=O)Nc1ccc(C(F)(F)F)cc1Cl)=C(/O)C(C)=N. The Hall–Kier alpha value is -4.33. The molecule has 0 unspecified atom stereocenters. The van der Waals surface area contributed by atoms with Crippen LogP contribution in [0.5, 0.6) is 0 Å². The first-order valence-electron chi connectivity index (χ1n) is 15.6. The lowest BCUT2D eigenvalue weighted by molar-refractivity contribution is -0.137. The fourth-order valence-corrected chi connectivity index (χ4v) is 7.25. The van der Waals surface area contributed by atoms with Crippen molar-refractivity contribution < 1.29 is 32.6 Å². The van der Waals surface area contributed by atoms with Crippen LogP contribution >= 0.6 is 23.5 Å². The van der Waals surface area contributed by atoms with Crippen molar-refractivity contribution in [1.82, 2.24) is 34.1 Å². The minimum atomic E-state index is -4.62. The summed E-state index contributed by atoms with van der Waals surface area (Å²) >= 11 is 7.66. The molecule has 0 bridgehead atoms. The van der Waals surface area contributed by atoms with Gasteiger partial charge >= 0.3 is 6.18 Å². The van der Waals surface area contributed by atoms with Crippen LogP contribution in [-0.2, 0) is 39.3 Å². The number of carbonyl (C=O) groups excluding carboxylic acids is 2. The van der Waals surface area contributed by atoms with Crippen molar-refractivity contribution in [3.63, 3.8) is 0 Å². The number of aromatic nitrogens is 4. The van der Waals surface area contributed by atoms with Crippen molar-refractivity contribution in [2.24, 2.45) is 0 Å². The number of benzene rings is 1. The third kappa shape index (κ3) is 6.61. The first kappa shape index (κ1) is 35.5. The van der Waals surface area contributed by atoms with Crippen LogP contribution in [-0.4, -0.2) is 92.2 Å². The average Bonchev–Trinajstić information content (AvgIpc) is 3.57. The molecule has 0 atom stereocenters. The Kier molecular flexibility index (Phi) is 9.77. The fraction of sp³-hybridized carbons (Fsp3) is 0.467. The molecule has 15 nitrogen and oxygen atoms in total. The van der Waals surface area contributed by atoms with E-state index in [0.29, 0.717) is 25.3 Å². The number of likely N-dealkylation sites (N-methyl/N-ethyl adjacent to an activating group) is 1. The van der Waals surface area contributed by atoms with Crippen molar-refractivity contribution in [2.75, 3.05) is 55.7 Å². The number of fused-ring (bicyclic) bond motifs is 3. The summed E-state index contributed by atoms with van der Waals surface area (Å²) < 4.78 is 51.8. The molecular formula is C30H34ClF3N10O5S. The highest BCUT2D eigenvalue weighted by Crippen LogP contribution is 2.43. The van der Waals surface area contributed by atoms with E-state index >= 15 is 0 Å². The quantitative estimate of drug-likeness (QED) is 0.104. The molecule has 2 aromatic heterocycles. The van der Waals surface area contributed by atoms with Gasteiger partial charge in [-0.25, -0.2) is 0 Å². The lowest BCUT2D eigenvalue weighted by Crippen LogP contribution is -2.48. The van der Waals surface area contributed by atoms with E-state index in [-0.39, 0.29) is 71.9 Å². The number of rotatable bonds is 7. The normalized spacial score (nSPS) is 18.1. The van der Waals surface area contributed by atoms with E-state index in [1.165, 1.54) is 23.4 Å². The van der Waals surface area contributed by atoms with Crippen molar-refractivity contribution in [3.05, 3.63) is 61.9 Å². The van der Waals surface area contributed by atoms with Gasteiger partial charge in [0.2, 0.25) is 17.6 Å². The molecule has 1 spiro atoms. The number of likely N-dealkylation sites (tertiary alicyclic amines) is 1. The summed E-state index contributed by atoms with van der Waals surface area (Å²) in [6, 6.07) is 2.61. The molecule has 50 heavy (non-hydrogen) atoms. The number of allylic oxidation sites excluding steroid dienone is 1. The topological polar surface area (TPSA) is 182 Å². The summed E-state index contributed by atoms with van der Waals surface area (Å²) in [5, 5.41) is 27.5. The van der Waals surface area contributed by atoms with Gasteiger partial charge in [-0.05, 0) is 38.0 Å². The number of ether oxygens (including phenoxy) is 1. The number of aliphatic hydroxyl groups is 1. The van der Waals surface area contributed by atoms with Crippen LogP contribution in [0.25, 0.3) is 5.78 Å². The Morgan fingerprint density at radius 1 is 1.22 bits per heavy atom. The minimum absolute atomic E-state index is 0.0286. The Bertz CT molecular complexity index is 1950. The van der Waals surface area contributed by atoms with Crippen molar-refractivity contribution >= 4 is 58.5 Å². The second-order valence-electron chi connectivity index (χ2n) is 12.0. The van der Waals surface area contributed by atoms with Gasteiger partial charge in [-0.1, -0.05) is 23.5 Å². The van der Waals surface area contributed by atoms with E-state index < -0.39 is 47.0 Å². The van der Waals surface area contributed by atoms with Gasteiger partial charge in [0.1, 0.15) is 17.8 Å². The van der Waals surface area contributed by atoms with Crippen molar-refractivity contribution in [1.29, 1.82) is 5.41 Å². The number of alkyl halides is 3. The highest BCUT2D eigenvalue weighted by molar-refractivity contribution is 7.97. The molecule has 268 valence electrons. The maximum absolute atomic E-state index is 14.2. The number of halogens is 4. The Balaban J connectivity index is 1.36. The number of piperidine rings is 1. The summed E-state index contributed by atoms with van der Waals surface area (Å²) in [5.41, 5.74) is -2.26. The summed E-state index contributed by atoms with van der Waals surface area (Å²) in [6.45, 7) is 3.01. The van der Waals surface area contributed by atoms with Gasteiger partial charge in [0, 0.05) is 45.5 Å². The predicted octanol–water partition coefficient (Wildman–Crippen LogP) is 2.64. The summed E-state index contributed by atoms with van der Waals surface area (Å²) in [4.78, 5) is 49.1. The molecule has 3 aliphatic rings. The van der Waals surface area contributed by atoms with Crippen molar-refractivity contribution in [3.8, 4) is 0 Å². The summed E-state index contributed by atoms with van der Waals surface area (Å²) in [7, 11) is 1.47. The highest BCUT2D eigenvalue weighted by atomic mass is 35.5. The number of hydrogen-bond acceptors (Lipinski definition) is 12. The van der Waals surface area contributed by atoms with Gasteiger partial charge < -0.3 is 40.3 Å². The van der Waals surface area contributed by atoms with Crippen LogP contribution in [0.2, 0.25) is 5.02 Å². The lowest BCUT2D eigenvalue weighted by Gasteiger charge is -2.39. The molecule has 6 rings (SSSR count). The number of nitrogens with zero attached hydrogens (tertiary/aromatic N) is 6. The van der Waals surface area contributed by atoms with Gasteiger partial charge in [-0.15, -0.1) is 5.10 Å². The second-order valence-corrected chi connectivity index (χ2v) is 13.4. The standard InChI is InChI=1S/C30H34ClF3N10O5S/c1-16(35)24(46)23(36-2)26(48)41-8-5-29(6-9-41)22-20(15-49-29)43(14-21(45)38-19-4-3-17(13-18(19)31)30(32,33)34)28-39-27(40-44(28)25(22)47)42-10-7-37-50-12-11-42/h3-4,13,35-37,46H,5-12,14-15H2,1-2H3,(H,38,45)/b24-23+,35-16?. The zero-order valence-electron chi connectivity index (χ0n) is 27.0. The number of aliphatic hydroxyl groups excluding tert-OH is 1. The Morgan fingerprint density at radius 2 is 1.96 bits per heavy atom. The Morgan fingerprint density at radius 3 is 2.62 bits per heavy atom. The summed E-state index contributed by atoms with van der Waals surface area (Å²) in [6.07, 6.45) is -4.20. The van der Waals surface area contributed by atoms with E-state index in [4.69, 9.17) is 21.7 Å². The van der Waals surface area contributed by atoms with Gasteiger partial charge in [-0.3, -0.25) is 19.1 Å². The number of amides is 2. The van der Waals surface area contributed by atoms with Crippen LogP contribution in [0, 0.1) is 5.41 Å². The maximum atomic E-state index is 14.2. The third-order valence-corrected chi connectivity index (χ3v) is 10.0. The van der Waals surface area contributed by atoms with Crippen LogP contribution < -0.4 is 25.8 Å². The molecule has 1 aromatic carbocycles. The van der Waals surface area contributed by atoms with Crippen LogP contribution in [0.4, 0.5) is 24.8 Å². The lowest BCUT2D eigenvalue weighted by atomic mass is 9.85. The Labute approximate surface area is 292 Å². The largest absolute Gasteiger partial charge is 0.504 e. The molecule has 2 saturated heterocycles. The zero-order chi connectivity index (χ0) is 36.0. The first-order valence-corrected chi connectivity index (χ1v) is 17.0. The number of anilines is 2. The number of hydrogen-bond donors (Lipinski definition) is 5.